The molecule has 3 N–H and O–H groups in total. The van der Waals surface area contributed by atoms with Crippen LogP contribution in [0.1, 0.15) is 29.5 Å². The number of imidazole rings is 1. The summed E-state index contributed by atoms with van der Waals surface area (Å²) in [5.41, 5.74) is 4.97. The molecule has 0 spiro atoms. The molecular weight excluding hydrogens is 459 g/mol. The fourth-order valence-corrected chi connectivity index (χ4v) is 4.52. The molecule has 2 heterocycles. The number of hydrogen-bond acceptors (Lipinski definition) is 3. The quantitative estimate of drug-likeness (QED) is 0.361. The number of nitrogens with zero attached hydrogens (tertiary/aromatic N) is 1. The van der Waals surface area contributed by atoms with Crippen molar-refractivity contribution in [2.24, 2.45) is 4.99 Å². The van der Waals surface area contributed by atoms with Crippen LogP contribution < -0.4 is 11.0 Å². The number of hydrogen-bond donors (Lipinski definition) is 3. The van der Waals surface area contributed by atoms with Crippen LogP contribution in [0, 0.1) is 0 Å². The molecule has 6 nitrogen and oxygen atoms in total. The molecule has 0 bridgehead atoms. The van der Waals surface area contributed by atoms with Gasteiger partial charge in [-0.3, -0.25) is 9.79 Å². The second-order valence-electron chi connectivity index (χ2n) is 8.00. The summed E-state index contributed by atoms with van der Waals surface area (Å²) >= 11 is 12.6. The number of benzene rings is 3. The predicted octanol–water partition coefficient (Wildman–Crippen LogP) is 5.34. The molecule has 1 aliphatic heterocycles. The summed E-state index contributed by atoms with van der Waals surface area (Å²) in [4.78, 5) is 35.2. The first kappa shape index (κ1) is 21.5. The highest BCUT2D eigenvalue weighted by atomic mass is 35.5. The normalized spacial score (nSPS) is 15.6. The second kappa shape index (κ2) is 8.89. The zero-order valence-electron chi connectivity index (χ0n) is 17.5. The minimum absolute atomic E-state index is 0.163. The van der Waals surface area contributed by atoms with Gasteiger partial charge in [-0.15, -0.1) is 0 Å². The average Bonchev–Trinajstić information content (AvgIpc) is 3.11. The molecule has 1 unspecified atom stereocenters. The molecule has 1 atom stereocenters. The Labute approximate surface area is 199 Å². The predicted molar refractivity (Wildman–Crippen MR) is 133 cm³/mol. The van der Waals surface area contributed by atoms with Gasteiger partial charge in [0.05, 0.1) is 22.4 Å². The lowest BCUT2D eigenvalue weighted by Gasteiger charge is -2.12. The van der Waals surface area contributed by atoms with Gasteiger partial charge >= 0.3 is 5.69 Å². The highest BCUT2D eigenvalue weighted by Crippen LogP contribution is 2.29. The van der Waals surface area contributed by atoms with Gasteiger partial charge in [0.25, 0.3) is 0 Å². The van der Waals surface area contributed by atoms with Crippen molar-refractivity contribution in [2.45, 2.75) is 25.3 Å². The van der Waals surface area contributed by atoms with Crippen LogP contribution >= 0.6 is 23.2 Å². The first-order valence-electron chi connectivity index (χ1n) is 10.6. The Morgan fingerprint density at radius 3 is 2.58 bits per heavy atom. The SMILES string of the molecule is O=C1Nc2ccc(Cl)cc2C(c2ccc3[nH]c(=O)[nH]c3c2)=NC1CCCc1ccccc1Cl. The van der Waals surface area contributed by atoms with Crippen LogP contribution in [0.25, 0.3) is 11.0 Å². The van der Waals surface area contributed by atoms with Crippen molar-refractivity contribution in [1.82, 2.24) is 9.97 Å². The Morgan fingerprint density at radius 2 is 1.73 bits per heavy atom. The minimum atomic E-state index is -0.574. The smallest absolute Gasteiger partial charge is 0.323 e. The number of aliphatic imine (C=N–C) groups is 1. The van der Waals surface area contributed by atoms with Crippen LogP contribution in [-0.4, -0.2) is 27.6 Å². The first-order chi connectivity index (χ1) is 16.0. The Hall–Kier alpha value is -3.35. The molecule has 5 rings (SSSR count). The van der Waals surface area contributed by atoms with Gasteiger partial charge in [-0.2, -0.15) is 0 Å². The van der Waals surface area contributed by atoms with Crippen molar-refractivity contribution in [2.75, 3.05) is 5.32 Å². The van der Waals surface area contributed by atoms with Crippen LogP contribution in [0.4, 0.5) is 5.69 Å². The molecule has 0 saturated carbocycles. The summed E-state index contributed by atoms with van der Waals surface area (Å²) in [5, 5.41) is 4.27. The average molecular weight is 479 g/mol. The van der Waals surface area contributed by atoms with E-state index >= 15 is 0 Å². The van der Waals surface area contributed by atoms with Crippen molar-refractivity contribution in [3.8, 4) is 0 Å². The van der Waals surface area contributed by atoms with Crippen LogP contribution in [0.15, 0.2) is 70.5 Å². The van der Waals surface area contributed by atoms with E-state index in [-0.39, 0.29) is 11.6 Å². The van der Waals surface area contributed by atoms with Gasteiger partial charge in [-0.1, -0.05) is 47.5 Å². The standard InChI is InChI=1S/C25H20Cl2N4O2/c26-16-9-11-19-17(13-16)23(15-8-10-20-22(12-15)31-25(33)30-20)28-21(24(32)29-19)7-3-5-14-4-1-2-6-18(14)27/h1-2,4,6,8-13,21H,3,5,7H2,(H,29,32)(H2,30,31,33). The molecule has 0 radical (unpaired) electrons. The molecule has 1 aliphatic rings. The summed E-state index contributed by atoms with van der Waals surface area (Å²) in [6.07, 6.45) is 2.06. The number of carbonyl (C=O) groups excluding carboxylic acids is 1. The molecular formula is C25H20Cl2N4O2. The number of benzodiazepines with no additional fused rings is 1. The fraction of sp³-hybridized carbons (Fsp3) is 0.160. The largest absolute Gasteiger partial charge is 0.324 e. The fourth-order valence-electron chi connectivity index (χ4n) is 4.11. The number of aromatic nitrogens is 2. The number of halogens is 2. The van der Waals surface area contributed by atoms with E-state index in [1.165, 1.54) is 0 Å². The maximum Gasteiger partial charge on any atom is 0.323 e. The number of rotatable bonds is 5. The summed E-state index contributed by atoms with van der Waals surface area (Å²) in [6.45, 7) is 0. The Kier molecular flexibility index (Phi) is 5.79. The molecule has 0 fully saturated rings. The zero-order chi connectivity index (χ0) is 22.9. The third-order valence-corrected chi connectivity index (χ3v) is 6.36. The Morgan fingerprint density at radius 1 is 0.909 bits per heavy atom. The second-order valence-corrected chi connectivity index (χ2v) is 8.84. The molecule has 1 amide bonds. The topological polar surface area (TPSA) is 90.1 Å². The number of amides is 1. The highest BCUT2D eigenvalue weighted by molar-refractivity contribution is 6.32. The lowest BCUT2D eigenvalue weighted by atomic mass is 10.00. The summed E-state index contributed by atoms with van der Waals surface area (Å²) in [6, 6.07) is 18.0. The van der Waals surface area contributed by atoms with Gasteiger partial charge < -0.3 is 15.3 Å². The van der Waals surface area contributed by atoms with Gasteiger partial charge in [0.2, 0.25) is 5.91 Å². The summed E-state index contributed by atoms with van der Waals surface area (Å²) in [7, 11) is 0. The molecule has 166 valence electrons. The monoisotopic (exact) mass is 478 g/mol. The molecule has 0 aliphatic carbocycles. The van der Waals surface area contributed by atoms with Crippen molar-refractivity contribution in [3.05, 3.63) is 97.9 Å². The molecule has 0 saturated heterocycles. The van der Waals surface area contributed by atoms with Gasteiger partial charge in [0.1, 0.15) is 6.04 Å². The van der Waals surface area contributed by atoms with E-state index in [2.05, 4.69) is 15.3 Å². The zero-order valence-corrected chi connectivity index (χ0v) is 19.0. The first-order valence-corrected chi connectivity index (χ1v) is 11.4. The van der Waals surface area contributed by atoms with E-state index < -0.39 is 6.04 Å². The maximum absolute atomic E-state index is 13.0. The van der Waals surface area contributed by atoms with Crippen molar-refractivity contribution in [3.63, 3.8) is 0 Å². The van der Waals surface area contributed by atoms with Crippen molar-refractivity contribution in [1.29, 1.82) is 0 Å². The molecule has 8 heteroatoms. The number of fused-ring (bicyclic) bond motifs is 2. The number of aromatic amines is 2. The van der Waals surface area contributed by atoms with Crippen LogP contribution in [0.2, 0.25) is 10.0 Å². The summed E-state index contributed by atoms with van der Waals surface area (Å²) < 4.78 is 0. The highest BCUT2D eigenvalue weighted by Gasteiger charge is 2.26. The van der Waals surface area contributed by atoms with E-state index in [0.29, 0.717) is 33.9 Å². The third-order valence-electron chi connectivity index (χ3n) is 5.75. The number of aryl methyl sites for hydroxylation is 1. The van der Waals surface area contributed by atoms with E-state index in [9.17, 15) is 9.59 Å². The Balaban J connectivity index is 1.51. The molecule has 1 aromatic heterocycles. The van der Waals surface area contributed by atoms with Gasteiger partial charge in [0, 0.05) is 21.2 Å². The number of nitrogens with one attached hydrogen (secondary N) is 3. The van der Waals surface area contributed by atoms with Crippen LogP contribution in [-0.2, 0) is 11.2 Å². The van der Waals surface area contributed by atoms with Crippen LogP contribution in [0.5, 0.6) is 0 Å². The van der Waals surface area contributed by atoms with Crippen molar-refractivity contribution < 1.29 is 4.79 Å². The van der Waals surface area contributed by atoms with Gasteiger partial charge in [-0.25, -0.2) is 4.79 Å². The van der Waals surface area contributed by atoms with Crippen molar-refractivity contribution >= 4 is 51.5 Å². The van der Waals surface area contributed by atoms with Gasteiger partial charge in [0.15, 0.2) is 0 Å². The minimum Gasteiger partial charge on any atom is -0.324 e. The number of anilines is 1. The summed E-state index contributed by atoms with van der Waals surface area (Å²) in [5.74, 6) is -0.163. The lowest BCUT2D eigenvalue weighted by molar-refractivity contribution is -0.117. The Bertz CT molecular complexity index is 1450. The molecule has 4 aromatic rings. The van der Waals surface area contributed by atoms with Crippen LogP contribution in [0.3, 0.4) is 0 Å². The third kappa shape index (κ3) is 4.45. The molecule has 3 aromatic carbocycles. The van der Waals surface area contributed by atoms with E-state index in [0.717, 1.165) is 34.6 Å². The molecule has 33 heavy (non-hydrogen) atoms. The maximum atomic E-state index is 13.0. The van der Waals surface area contributed by atoms with E-state index in [1.807, 2.05) is 42.5 Å². The lowest BCUT2D eigenvalue weighted by Crippen LogP contribution is -2.25. The van der Waals surface area contributed by atoms with E-state index in [1.54, 1.807) is 18.2 Å². The number of carbonyl (C=O) groups is 1. The van der Waals surface area contributed by atoms with E-state index in [4.69, 9.17) is 28.2 Å². The number of H-pyrrole nitrogens is 2. The van der Waals surface area contributed by atoms with Gasteiger partial charge in [-0.05, 0) is 61.2 Å².